The third-order valence-electron chi connectivity index (χ3n) is 2.82. The maximum atomic E-state index is 12.4. The van der Waals surface area contributed by atoms with Crippen LogP contribution in [0.2, 0.25) is 0 Å². The molecule has 106 valence electrons. The molecule has 0 saturated heterocycles. The van der Waals surface area contributed by atoms with Gasteiger partial charge < -0.3 is 10.0 Å². The fourth-order valence-electron chi connectivity index (χ4n) is 1.90. The van der Waals surface area contributed by atoms with Gasteiger partial charge in [0, 0.05) is 13.1 Å². The van der Waals surface area contributed by atoms with Crippen LogP contribution in [0, 0.1) is 0 Å². The van der Waals surface area contributed by atoms with E-state index in [-0.39, 0.29) is 12.5 Å². The third kappa shape index (κ3) is 3.81. The molecule has 6 nitrogen and oxygen atoms in total. The molecule has 0 spiro atoms. The van der Waals surface area contributed by atoms with E-state index >= 15 is 0 Å². The Morgan fingerprint density at radius 1 is 1.37 bits per heavy atom. The van der Waals surface area contributed by atoms with Crippen LogP contribution in [-0.4, -0.2) is 44.8 Å². The smallest absolute Gasteiger partial charge is 0.323 e. The van der Waals surface area contributed by atoms with Gasteiger partial charge in [0.2, 0.25) is 0 Å². The summed E-state index contributed by atoms with van der Waals surface area (Å²) in [6.45, 7) is 6.54. The maximum absolute atomic E-state index is 12.4. The summed E-state index contributed by atoms with van der Waals surface area (Å²) in [5.74, 6) is -1.27. The number of amides is 1. The standard InChI is InChI=1S/C13H21N3O3/c1-4-7-15(9-12(17)18)13(19)11-8-10(5-2)14-16(11)6-3/h8H,4-7,9H2,1-3H3,(H,17,18). The Labute approximate surface area is 113 Å². The lowest BCUT2D eigenvalue weighted by atomic mass is 10.2. The predicted molar refractivity (Wildman–Crippen MR) is 71.1 cm³/mol. The Balaban J connectivity index is 3.00. The first-order chi connectivity index (χ1) is 9.03. The van der Waals surface area contributed by atoms with Gasteiger partial charge in [-0.3, -0.25) is 14.3 Å². The first-order valence-electron chi connectivity index (χ1n) is 6.61. The molecular formula is C13H21N3O3. The molecule has 0 saturated carbocycles. The molecule has 0 atom stereocenters. The van der Waals surface area contributed by atoms with Crippen LogP contribution < -0.4 is 0 Å². The zero-order valence-electron chi connectivity index (χ0n) is 11.7. The number of rotatable bonds is 7. The molecule has 0 aliphatic heterocycles. The first kappa shape index (κ1) is 15.2. The van der Waals surface area contributed by atoms with E-state index in [0.717, 1.165) is 18.5 Å². The zero-order chi connectivity index (χ0) is 14.4. The van der Waals surface area contributed by atoms with E-state index in [1.807, 2.05) is 20.8 Å². The molecule has 0 aliphatic rings. The van der Waals surface area contributed by atoms with Crippen LogP contribution >= 0.6 is 0 Å². The fraction of sp³-hybridized carbons (Fsp3) is 0.615. The van der Waals surface area contributed by atoms with Crippen molar-refractivity contribution in [2.75, 3.05) is 13.1 Å². The highest BCUT2D eigenvalue weighted by Gasteiger charge is 2.21. The van der Waals surface area contributed by atoms with Crippen LogP contribution in [0.1, 0.15) is 43.4 Å². The largest absolute Gasteiger partial charge is 0.480 e. The number of carbonyl (C=O) groups is 2. The summed E-state index contributed by atoms with van der Waals surface area (Å²) < 4.78 is 1.63. The molecule has 0 bridgehead atoms. The monoisotopic (exact) mass is 267 g/mol. The molecule has 1 aromatic rings. The molecule has 6 heteroatoms. The number of aryl methyl sites for hydroxylation is 2. The van der Waals surface area contributed by atoms with E-state index in [0.29, 0.717) is 18.8 Å². The van der Waals surface area contributed by atoms with Gasteiger partial charge in [-0.25, -0.2) is 0 Å². The molecule has 0 fully saturated rings. The van der Waals surface area contributed by atoms with Gasteiger partial charge in [-0.15, -0.1) is 0 Å². The molecule has 1 N–H and O–H groups in total. The molecule has 19 heavy (non-hydrogen) atoms. The number of carboxylic acids is 1. The number of hydrogen-bond donors (Lipinski definition) is 1. The van der Waals surface area contributed by atoms with Crippen LogP contribution in [0.25, 0.3) is 0 Å². The summed E-state index contributed by atoms with van der Waals surface area (Å²) >= 11 is 0. The number of carboxylic acid groups (broad SMARTS) is 1. The van der Waals surface area contributed by atoms with Gasteiger partial charge in [0.15, 0.2) is 0 Å². The van der Waals surface area contributed by atoms with Crippen molar-refractivity contribution < 1.29 is 14.7 Å². The van der Waals surface area contributed by atoms with E-state index in [1.54, 1.807) is 10.7 Å². The van der Waals surface area contributed by atoms with Crippen LogP contribution in [0.15, 0.2) is 6.07 Å². The summed E-state index contributed by atoms with van der Waals surface area (Å²) in [6, 6.07) is 1.75. The minimum atomic E-state index is -1.000. The number of aliphatic carboxylic acids is 1. The Morgan fingerprint density at radius 3 is 2.53 bits per heavy atom. The Hall–Kier alpha value is -1.85. The molecule has 0 unspecified atom stereocenters. The molecule has 1 heterocycles. The molecule has 0 aromatic carbocycles. The second kappa shape index (κ2) is 6.92. The van der Waals surface area contributed by atoms with Gasteiger partial charge in [0.05, 0.1) is 5.69 Å². The van der Waals surface area contributed by atoms with Crippen LogP contribution in [0.5, 0.6) is 0 Å². The SMILES string of the molecule is CCCN(CC(=O)O)C(=O)c1cc(CC)nn1CC. The first-order valence-corrected chi connectivity index (χ1v) is 6.61. The summed E-state index contributed by atoms with van der Waals surface area (Å²) in [5, 5.41) is 13.2. The van der Waals surface area contributed by atoms with Crippen molar-refractivity contribution in [2.45, 2.75) is 40.2 Å². The minimum Gasteiger partial charge on any atom is -0.480 e. The van der Waals surface area contributed by atoms with Crippen LogP contribution in [0.4, 0.5) is 0 Å². The van der Waals surface area contributed by atoms with E-state index in [2.05, 4.69) is 5.10 Å². The van der Waals surface area contributed by atoms with Crippen molar-refractivity contribution >= 4 is 11.9 Å². The highest BCUT2D eigenvalue weighted by molar-refractivity contribution is 5.94. The highest BCUT2D eigenvalue weighted by atomic mass is 16.4. The number of nitrogens with zero attached hydrogens (tertiary/aromatic N) is 3. The number of carbonyl (C=O) groups excluding carboxylic acids is 1. The van der Waals surface area contributed by atoms with E-state index in [9.17, 15) is 9.59 Å². The number of hydrogen-bond acceptors (Lipinski definition) is 3. The maximum Gasteiger partial charge on any atom is 0.323 e. The van der Waals surface area contributed by atoms with Gasteiger partial charge in [-0.2, -0.15) is 5.10 Å². The summed E-state index contributed by atoms with van der Waals surface area (Å²) in [5.41, 5.74) is 1.31. The normalized spacial score (nSPS) is 10.5. The Morgan fingerprint density at radius 2 is 2.05 bits per heavy atom. The van der Waals surface area contributed by atoms with Crippen molar-refractivity contribution in [1.29, 1.82) is 0 Å². The molecule has 0 radical (unpaired) electrons. The van der Waals surface area contributed by atoms with E-state index < -0.39 is 5.97 Å². The summed E-state index contributed by atoms with van der Waals surface area (Å²) in [6.07, 6.45) is 1.47. The predicted octanol–water partition coefficient (Wildman–Crippen LogP) is 1.40. The molecule has 1 amide bonds. The van der Waals surface area contributed by atoms with Crippen molar-refractivity contribution in [3.05, 3.63) is 17.5 Å². The Kier molecular flexibility index (Phi) is 5.54. The topological polar surface area (TPSA) is 75.4 Å². The summed E-state index contributed by atoms with van der Waals surface area (Å²) in [7, 11) is 0. The minimum absolute atomic E-state index is 0.265. The van der Waals surface area contributed by atoms with E-state index in [1.165, 1.54) is 4.90 Å². The molecule has 0 aliphatic carbocycles. The lowest BCUT2D eigenvalue weighted by molar-refractivity contribution is -0.137. The average Bonchev–Trinajstić information content (AvgIpc) is 2.80. The third-order valence-corrected chi connectivity index (χ3v) is 2.82. The lowest BCUT2D eigenvalue weighted by Gasteiger charge is -2.20. The van der Waals surface area contributed by atoms with Crippen molar-refractivity contribution in [3.8, 4) is 0 Å². The zero-order valence-corrected chi connectivity index (χ0v) is 11.7. The second-order valence-electron chi connectivity index (χ2n) is 4.31. The molecular weight excluding hydrogens is 246 g/mol. The molecule has 1 rings (SSSR count). The van der Waals surface area contributed by atoms with E-state index in [4.69, 9.17) is 5.11 Å². The summed E-state index contributed by atoms with van der Waals surface area (Å²) in [4.78, 5) is 24.6. The lowest BCUT2D eigenvalue weighted by Crippen LogP contribution is -2.37. The number of aromatic nitrogens is 2. The molecule has 1 aromatic heterocycles. The second-order valence-corrected chi connectivity index (χ2v) is 4.31. The Bertz CT molecular complexity index is 454. The average molecular weight is 267 g/mol. The fourth-order valence-corrected chi connectivity index (χ4v) is 1.90. The van der Waals surface area contributed by atoms with Crippen molar-refractivity contribution in [1.82, 2.24) is 14.7 Å². The van der Waals surface area contributed by atoms with Gasteiger partial charge in [-0.05, 0) is 25.8 Å². The van der Waals surface area contributed by atoms with Gasteiger partial charge in [0.1, 0.15) is 12.2 Å². The van der Waals surface area contributed by atoms with Gasteiger partial charge in [0.25, 0.3) is 5.91 Å². The van der Waals surface area contributed by atoms with Gasteiger partial charge >= 0.3 is 5.97 Å². The quantitative estimate of drug-likeness (QED) is 0.810. The van der Waals surface area contributed by atoms with Crippen molar-refractivity contribution in [3.63, 3.8) is 0 Å². The van der Waals surface area contributed by atoms with Crippen LogP contribution in [0.3, 0.4) is 0 Å². The highest BCUT2D eigenvalue weighted by Crippen LogP contribution is 2.10. The van der Waals surface area contributed by atoms with Gasteiger partial charge in [-0.1, -0.05) is 13.8 Å². The van der Waals surface area contributed by atoms with Crippen molar-refractivity contribution in [2.24, 2.45) is 0 Å². The van der Waals surface area contributed by atoms with Crippen LogP contribution in [-0.2, 0) is 17.8 Å².